The van der Waals surface area contributed by atoms with Crippen molar-refractivity contribution in [1.29, 1.82) is 0 Å². The van der Waals surface area contributed by atoms with Crippen LogP contribution in [0.15, 0.2) is 24.4 Å². The summed E-state index contributed by atoms with van der Waals surface area (Å²) in [7, 11) is 4.10. The number of pyridine rings is 1. The Bertz CT molecular complexity index is 549. The topological polar surface area (TPSA) is 36.4 Å². The SMILES string of the molecule is CCCc1cc(CN(C)C)c2cccnc2c1O. The lowest BCUT2D eigenvalue weighted by Crippen LogP contribution is -2.11. The van der Waals surface area contributed by atoms with Crippen LogP contribution >= 0.6 is 0 Å². The second kappa shape index (κ2) is 5.36. The van der Waals surface area contributed by atoms with E-state index in [1.165, 1.54) is 5.56 Å². The van der Waals surface area contributed by atoms with Crippen molar-refractivity contribution < 1.29 is 5.11 Å². The van der Waals surface area contributed by atoms with Gasteiger partial charge >= 0.3 is 0 Å². The summed E-state index contributed by atoms with van der Waals surface area (Å²) in [5.41, 5.74) is 2.95. The first-order chi connectivity index (χ1) is 8.63. The van der Waals surface area contributed by atoms with Gasteiger partial charge in [0.2, 0.25) is 0 Å². The summed E-state index contributed by atoms with van der Waals surface area (Å²) in [5, 5.41) is 11.3. The van der Waals surface area contributed by atoms with E-state index in [0.29, 0.717) is 5.75 Å². The van der Waals surface area contributed by atoms with Gasteiger partial charge in [-0.05, 0) is 37.7 Å². The van der Waals surface area contributed by atoms with Crippen molar-refractivity contribution in [2.45, 2.75) is 26.3 Å². The molecular formula is C15H20N2O. The van der Waals surface area contributed by atoms with E-state index >= 15 is 0 Å². The van der Waals surface area contributed by atoms with Gasteiger partial charge in [0.1, 0.15) is 11.3 Å². The van der Waals surface area contributed by atoms with Crippen LogP contribution in [0.4, 0.5) is 0 Å². The van der Waals surface area contributed by atoms with Crippen molar-refractivity contribution in [2.24, 2.45) is 0 Å². The first kappa shape index (κ1) is 12.8. The number of nitrogens with zero attached hydrogens (tertiary/aromatic N) is 2. The van der Waals surface area contributed by atoms with Gasteiger partial charge in [-0.15, -0.1) is 0 Å². The van der Waals surface area contributed by atoms with Gasteiger partial charge in [0.15, 0.2) is 0 Å². The largest absolute Gasteiger partial charge is 0.505 e. The molecule has 0 saturated carbocycles. The first-order valence-electron chi connectivity index (χ1n) is 6.36. The lowest BCUT2D eigenvalue weighted by Gasteiger charge is -2.15. The maximum absolute atomic E-state index is 10.3. The molecular weight excluding hydrogens is 224 g/mol. The van der Waals surface area contributed by atoms with Gasteiger partial charge in [0.25, 0.3) is 0 Å². The number of phenolic OH excluding ortho intramolecular Hbond substituents is 1. The summed E-state index contributed by atoms with van der Waals surface area (Å²) >= 11 is 0. The molecule has 0 bridgehead atoms. The van der Waals surface area contributed by atoms with Crippen LogP contribution in [0.2, 0.25) is 0 Å². The standard InChI is InChI=1S/C15H20N2O/c1-4-6-11-9-12(10-17(2)3)13-7-5-8-16-14(13)15(11)18/h5,7-9,18H,4,6,10H2,1-3H3. The zero-order chi connectivity index (χ0) is 13.1. The van der Waals surface area contributed by atoms with Crippen molar-refractivity contribution in [3.63, 3.8) is 0 Å². The van der Waals surface area contributed by atoms with Crippen molar-refractivity contribution in [3.05, 3.63) is 35.5 Å². The minimum atomic E-state index is 0.343. The second-order valence-corrected chi connectivity index (χ2v) is 4.93. The molecule has 1 N–H and O–H groups in total. The fourth-order valence-electron chi connectivity index (χ4n) is 2.29. The number of benzene rings is 1. The van der Waals surface area contributed by atoms with E-state index in [9.17, 15) is 5.11 Å². The van der Waals surface area contributed by atoms with Gasteiger partial charge in [0.05, 0.1) is 0 Å². The van der Waals surface area contributed by atoms with E-state index in [1.54, 1.807) is 6.20 Å². The molecule has 3 heteroatoms. The fourth-order valence-corrected chi connectivity index (χ4v) is 2.29. The highest BCUT2D eigenvalue weighted by Crippen LogP contribution is 2.31. The Morgan fingerprint density at radius 3 is 2.72 bits per heavy atom. The number of rotatable bonds is 4. The van der Waals surface area contributed by atoms with Gasteiger partial charge in [-0.2, -0.15) is 0 Å². The van der Waals surface area contributed by atoms with Crippen LogP contribution in [0, 0.1) is 0 Å². The number of aromatic nitrogens is 1. The van der Waals surface area contributed by atoms with Crippen LogP contribution in [0.25, 0.3) is 10.9 Å². The van der Waals surface area contributed by atoms with Crippen molar-refractivity contribution in [2.75, 3.05) is 14.1 Å². The highest BCUT2D eigenvalue weighted by Gasteiger charge is 2.12. The van der Waals surface area contributed by atoms with Gasteiger partial charge in [-0.3, -0.25) is 4.98 Å². The van der Waals surface area contributed by atoms with Crippen LogP contribution in [0.1, 0.15) is 24.5 Å². The molecule has 0 unspecified atom stereocenters. The number of fused-ring (bicyclic) bond motifs is 1. The predicted molar refractivity (Wildman–Crippen MR) is 74.8 cm³/mol. The molecule has 1 heterocycles. The third-order valence-corrected chi connectivity index (χ3v) is 3.04. The Labute approximate surface area is 108 Å². The summed E-state index contributed by atoms with van der Waals surface area (Å²) in [4.78, 5) is 6.46. The number of aryl methyl sites for hydroxylation is 1. The Morgan fingerprint density at radius 1 is 1.28 bits per heavy atom. The Hall–Kier alpha value is -1.61. The molecule has 1 aromatic heterocycles. The number of aromatic hydroxyl groups is 1. The molecule has 2 aromatic rings. The van der Waals surface area contributed by atoms with Crippen molar-refractivity contribution >= 4 is 10.9 Å². The quantitative estimate of drug-likeness (QED) is 0.898. The van der Waals surface area contributed by atoms with Gasteiger partial charge in [-0.25, -0.2) is 0 Å². The van der Waals surface area contributed by atoms with Crippen LogP contribution in [0.5, 0.6) is 5.75 Å². The van der Waals surface area contributed by atoms with E-state index in [1.807, 2.05) is 12.1 Å². The first-order valence-corrected chi connectivity index (χ1v) is 6.36. The van der Waals surface area contributed by atoms with E-state index in [2.05, 4.69) is 37.0 Å². The number of hydrogen-bond acceptors (Lipinski definition) is 3. The predicted octanol–water partition coefficient (Wildman–Crippen LogP) is 2.95. The van der Waals surface area contributed by atoms with Gasteiger partial charge in [-0.1, -0.05) is 25.5 Å². The highest BCUT2D eigenvalue weighted by molar-refractivity contribution is 5.88. The smallest absolute Gasteiger partial charge is 0.145 e. The average molecular weight is 244 g/mol. The zero-order valence-corrected chi connectivity index (χ0v) is 11.3. The molecule has 96 valence electrons. The zero-order valence-electron chi connectivity index (χ0n) is 11.3. The average Bonchev–Trinajstić information content (AvgIpc) is 2.35. The van der Waals surface area contributed by atoms with E-state index in [0.717, 1.165) is 35.9 Å². The Balaban J connectivity index is 2.63. The van der Waals surface area contributed by atoms with Crippen LogP contribution in [-0.2, 0) is 13.0 Å². The molecule has 0 spiro atoms. The normalized spacial score (nSPS) is 11.3. The van der Waals surface area contributed by atoms with Crippen LogP contribution < -0.4 is 0 Å². The maximum Gasteiger partial charge on any atom is 0.145 e. The van der Waals surface area contributed by atoms with Crippen molar-refractivity contribution in [1.82, 2.24) is 9.88 Å². The third kappa shape index (κ3) is 2.46. The molecule has 0 amide bonds. The minimum absolute atomic E-state index is 0.343. The maximum atomic E-state index is 10.3. The molecule has 0 aliphatic carbocycles. The third-order valence-electron chi connectivity index (χ3n) is 3.04. The monoisotopic (exact) mass is 244 g/mol. The van der Waals surface area contributed by atoms with Gasteiger partial charge in [0, 0.05) is 18.1 Å². The molecule has 1 aromatic carbocycles. The summed E-state index contributed by atoms with van der Waals surface area (Å²) in [6.07, 6.45) is 3.64. The summed E-state index contributed by atoms with van der Waals surface area (Å²) in [6.45, 7) is 2.98. The number of hydrogen-bond donors (Lipinski definition) is 1. The minimum Gasteiger partial charge on any atom is -0.505 e. The molecule has 18 heavy (non-hydrogen) atoms. The van der Waals surface area contributed by atoms with Crippen LogP contribution in [0.3, 0.4) is 0 Å². The number of phenols is 1. The lowest BCUT2D eigenvalue weighted by atomic mass is 10.00. The van der Waals surface area contributed by atoms with E-state index in [-0.39, 0.29) is 0 Å². The second-order valence-electron chi connectivity index (χ2n) is 4.93. The molecule has 0 aliphatic heterocycles. The fraction of sp³-hybridized carbons (Fsp3) is 0.400. The molecule has 0 saturated heterocycles. The summed E-state index contributed by atoms with van der Waals surface area (Å²) in [5.74, 6) is 0.343. The summed E-state index contributed by atoms with van der Waals surface area (Å²) in [6, 6.07) is 6.06. The summed E-state index contributed by atoms with van der Waals surface area (Å²) < 4.78 is 0. The Morgan fingerprint density at radius 2 is 2.06 bits per heavy atom. The van der Waals surface area contributed by atoms with Crippen molar-refractivity contribution in [3.8, 4) is 5.75 Å². The molecule has 2 rings (SSSR count). The molecule has 3 nitrogen and oxygen atoms in total. The Kier molecular flexibility index (Phi) is 3.82. The molecule has 0 atom stereocenters. The molecule has 0 fully saturated rings. The lowest BCUT2D eigenvalue weighted by molar-refractivity contribution is 0.403. The van der Waals surface area contributed by atoms with Crippen LogP contribution in [-0.4, -0.2) is 29.1 Å². The molecule has 0 aliphatic rings. The van der Waals surface area contributed by atoms with E-state index in [4.69, 9.17) is 0 Å². The van der Waals surface area contributed by atoms with E-state index < -0.39 is 0 Å². The van der Waals surface area contributed by atoms with Gasteiger partial charge < -0.3 is 10.0 Å². The molecule has 0 radical (unpaired) electrons. The highest BCUT2D eigenvalue weighted by atomic mass is 16.3.